The molecule has 0 aromatic heterocycles. The van der Waals surface area contributed by atoms with Crippen molar-refractivity contribution in [3.8, 4) is 0 Å². The molecule has 0 radical (unpaired) electrons. The standard InChI is InChI=1S/C25H38/c1-3-5-7-21-10-14-23(15-11-21)25-18-16-24(17-19-25)22-12-8-20(6-4-2)9-13-22/h10-11,14-16,18,20,22,24-25H,3-9,12-13,17,19H2,1-2H3. The summed E-state index contributed by atoms with van der Waals surface area (Å²) in [6.07, 6.45) is 20.5. The van der Waals surface area contributed by atoms with E-state index in [4.69, 9.17) is 0 Å². The van der Waals surface area contributed by atoms with Crippen molar-refractivity contribution in [2.75, 3.05) is 0 Å². The van der Waals surface area contributed by atoms with Gasteiger partial charge in [-0.2, -0.15) is 0 Å². The zero-order valence-electron chi connectivity index (χ0n) is 16.6. The molecular weight excluding hydrogens is 300 g/mol. The van der Waals surface area contributed by atoms with Gasteiger partial charge in [0.25, 0.3) is 0 Å². The van der Waals surface area contributed by atoms with E-state index in [1.165, 1.54) is 81.8 Å². The fraction of sp³-hybridized carbons (Fsp3) is 0.680. The zero-order valence-corrected chi connectivity index (χ0v) is 16.6. The maximum atomic E-state index is 2.59. The highest BCUT2D eigenvalue weighted by Crippen LogP contribution is 2.41. The molecule has 138 valence electrons. The smallest absolute Gasteiger partial charge is 0.00182 e. The lowest BCUT2D eigenvalue weighted by Gasteiger charge is -2.35. The van der Waals surface area contributed by atoms with Gasteiger partial charge < -0.3 is 0 Å². The fourth-order valence-corrected chi connectivity index (χ4v) is 5.14. The summed E-state index contributed by atoms with van der Waals surface area (Å²) in [5, 5.41) is 0. The van der Waals surface area contributed by atoms with Gasteiger partial charge in [0.2, 0.25) is 0 Å². The van der Waals surface area contributed by atoms with E-state index in [-0.39, 0.29) is 0 Å². The number of unbranched alkanes of at least 4 members (excludes halogenated alkanes) is 1. The third-order valence-electron chi connectivity index (χ3n) is 6.82. The zero-order chi connectivity index (χ0) is 17.5. The Morgan fingerprint density at radius 1 is 0.800 bits per heavy atom. The third-order valence-corrected chi connectivity index (χ3v) is 6.82. The second kappa shape index (κ2) is 9.60. The van der Waals surface area contributed by atoms with Crippen LogP contribution in [0.15, 0.2) is 36.4 Å². The van der Waals surface area contributed by atoms with Crippen molar-refractivity contribution in [1.29, 1.82) is 0 Å². The predicted molar refractivity (Wildman–Crippen MR) is 110 cm³/mol. The molecule has 25 heavy (non-hydrogen) atoms. The topological polar surface area (TPSA) is 0 Å². The lowest BCUT2D eigenvalue weighted by molar-refractivity contribution is 0.209. The van der Waals surface area contributed by atoms with Crippen molar-refractivity contribution in [1.82, 2.24) is 0 Å². The Morgan fingerprint density at radius 3 is 2.16 bits per heavy atom. The molecule has 0 N–H and O–H groups in total. The molecule has 0 heterocycles. The van der Waals surface area contributed by atoms with E-state index in [0.29, 0.717) is 5.92 Å². The van der Waals surface area contributed by atoms with E-state index in [0.717, 1.165) is 17.8 Å². The van der Waals surface area contributed by atoms with Crippen molar-refractivity contribution in [2.24, 2.45) is 17.8 Å². The minimum Gasteiger partial charge on any atom is -0.0845 e. The molecule has 1 saturated carbocycles. The number of aryl methyl sites for hydroxylation is 1. The molecule has 0 nitrogen and oxygen atoms in total. The van der Waals surface area contributed by atoms with Crippen LogP contribution in [0.5, 0.6) is 0 Å². The molecule has 1 aromatic carbocycles. The van der Waals surface area contributed by atoms with Crippen LogP contribution in [0.25, 0.3) is 0 Å². The normalized spacial score (nSPS) is 29.7. The molecule has 0 aliphatic heterocycles. The van der Waals surface area contributed by atoms with E-state index in [2.05, 4.69) is 50.3 Å². The lowest BCUT2D eigenvalue weighted by Crippen LogP contribution is -2.22. The van der Waals surface area contributed by atoms with Gasteiger partial charge in [0.15, 0.2) is 0 Å². The fourth-order valence-electron chi connectivity index (χ4n) is 5.14. The summed E-state index contributed by atoms with van der Waals surface area (Å²) in [7, 11) is 0. The Balaban J connectivity index is 1.50. The molecule has 2 atom stereocenters. The van der Waals surface area contributed by atoms with Crippen LogP contribution < -0.4 is 0 Å². The van der Waals surface area contributed by atoms with Crippen LogP contribution in [0.2, 0.25) is 0 Å². The third kappa shape index (κ3) is 5.22. The van der Waals surface area contributed by atoms with Crippen LogP contribution in [0.4, 0.5) is 0 Å². The van der Waals surface area contributed by atoms with Crippen molar-refractivity contribution < 1.29 is 0 Å². The average molecular weight is 339 g/mol. The van der Waals surface area contributed by atoms with Crippen LogP contribution in [0, 0.1) is 17.8 Å². The highest BCUT2D eigenvalue weighted by atomic mass is 14.3. The van der Waals surface area contributed by atoms with Gasteiger partial charge in [-0.15, -0.1) is 0 Å². The second-order valence-corrected chi connectivity index (χ2v) is 8.65. The van der Waals surface area contributed by atoms with Crippen LogP contribution in [-0.2, 0) is 6.42 Å². The van der Waals surface area contributed by atoms with Gasteiger partial charge in [-0.1, -0.05) is 82.4 Å². The summed E-state index contributed by atoms with van der Waals surface area (Å²) < 4.78 is 0. The Labute approximate surface area is 156 Å². The average Bonchev–Trinajstić information content (AvgIpc) is 2.68. The van der Waals surface area contributed by atoms with Gasteiger partial charge >= 0.3 is 0 Å². The minimum atomic E-state index is 0.660. The highest BCUT2D eigenvalue weighted by molar-refractivity contribution is 5.29. The first-order chi connectivity index (χ1) is 12.3. The van der Waals surface area contributed by atoms with Crippen LogP contribution >= 0.6 is 0 Å². The molecule has 1 fully saturated rings. The van der Waals surface area contributed by atoms with E-state index in [1.807, 2.05) is 0 Å². The lowest BCUT2D eigenvalue weighted by atomic mass is 9.70. The van der Waals surface area contributed by atoms with Gasteiger partial charge in [0, 0.05) is 5.92 Å². The number of benzene rings is 1. The van der Waals surface area contributed by atoms with Gasteiger partial charge in [-0.05, 0) is 67.4 Å². The predicted octanol–water partition coefficient (Wildman–Crippen LogP) is 7.69. The van der Waals surface area contributed by atoms with E-state index >= 15 is 0 Å². The summed E-state index contributed by atoms with van der Waals surface area (Å²) in [6, 6.07) is 9.49. The first kappa shape index (κ1) is 18.7. The molecule has 0 spiro atoms. The van der Waals surface area contributed by atoms with Crippen molar-refractivity contribution in [2.45, 2.75) is 90.4 Å². The molecule has 1 aromatic rings. The summed E-state index contributed by atoms with van der Waals surface area (Å²) in [4.78, 5) is 0. The SMILES string of the molecule is CCCCc1ccc(C2C=CC(C3CCC(CCC)CC3)CC2)cc1. The summed E-state index contributed by atoms with van der Waals surface area (Å²) in [6.45, 7) is 4.61. The van der Waals surface area contributed by atoms with E-state index < -0.39 is 0 Å². The van der Waals surface area contributed by atoms with E-state index in [1.54, 1.807) is 0 Å². The molecule has 3 rings (SSSR count). The van der Waals surface area contributed by atoms with Gasteiger partial charge in [0.1, 0.15) is 0 Å². The molecular formula is C25H38. The molecule has 0 heteroatoms. The first-order valence-corrected chi connectivity index (χ1v) is 11.1. The Bertz CT molecular complexity index is 515. The monoisotopic (exact) mass is 338 g/mol. The Hall–Kier alpha value is -1.04. The Morgan fingerprint density at radius 2 is 1.56 bits per heavy atom. The summed E-state index contributed by atoms with van der Waals surface area (Å²) >= 11 is 0. The minimum absolute atomic E-state index is 0.660. The highest BCUT2D eigenvalue weighted by Gasteiger charge is 2.28. The number of rotatable bonds is 7. The van der Waals surface area contributed by atoms with Crippen molar-refractivity contribution >= 4 is 0 Å². The van der Waals surface area contributed by atoms with Crippen molar-refractivity contribution in [3.63, 3.8) is 0 Å². The number of hydrogen-bond acceptors (Lipinski definition) is 0. The molecule has 0 saturated heterocycles. The van der Waals surface area contributed by atoms with Gasteiger partial charge in [-0.3, -0.25) is 0 Å². The van der Waals surface area contributed by atoms with Crippen LogP contribution in [-0.4, -0.2) is 0 Å². The largest absolute Gasteiger partial charge is 0.0845 e. The summed E-state index contributed by atoms with van der Waals surface area (Å²) in [5.74, 6) is 3.53. The summed E-state index contributed by atoms with van der Waals surface area (Å²) in [5.41, 5.74) is 3.04. The van der Waals surface area contributed by atoms with Gasteiger partial charge in [-0.25, -0.2) is 0 Å². The number of hydrogen-bond donors (Lipinski definition) is 0. The molecule has 2 aliphatic rings. The quantitative estimate of drug-likeness (QED) is 0.447. The van der Waals surface area contributed by atoms with E-state index in [9.17, 15) is 0 Å². The molecule has 2 aliphatic carbocycles. The maximum Gasteiger partial charge on any atom is 0.00182 e. The van der Waals surface area contributed by atoms with Crippen LogP contribution in [0.3, 0.4) is 0 Å². The van der Waals surface area contributed by atoms with Gasteiger partial charge in [0.05, 0.1) is 0 Å². The van der Waals surface area contributed by atoms with Crippen LogP contribution in [0.1, 0.15) is 95.1 Å². The second-order valence-electron chi connectivity index (χ2n) is 8.65. The molecule has 0 bridgehead atoms. The molecule has 0 amide bonds. The number of allylic oxidation sites excluding steroid dienone is 2. The molecule has 2 unspecified atom stereocenters. The first-order valence-electron chi connectivity index (χ1n) is 11.1. The van der Waals surface area contributed by atoms with Crippen molar-refractivity contribution in [3.05, 3.63) is 47.5 Å². The maximum absolute atomic E-state index is 2.59. The Kier molecular flexibility index (Phi) is 7.20.